The number of rotatable bonds is 5. The van der Waals surface area contributed by atoms with Crippen LogP contribution in [0.15, 0.2) is 12.4 Å². The molecule has 76 valence electrons. The Bertz CT molecular complexity index is 322. The molecule has 0 aromatic carbocycles. The summed E-state index contributed by atoms with van der Waals surface area (Å²) in [6.07, 6.45) is 2.63. The Labute approximate surface area is 79.3 Å². The summed E-state index contributed by atoms with van der Waals surface area (Å²) in [7, 11) is 0. The number of carbonyl (C=O) groups excluding carboxylic acids is 1. The molecule has 0 bridgehead atoms. The average molecular weight is 198 g/mol. The number of anilines is 1. The van der Waals surface area contributed by atoms with Gasteiger partial charge < -0.3 is 16.2 Å². The number of hydrogen-bond acceptors (Lipinski definition) is 4. The Hall–Kier alpha value is -2.05. The van der Waals surface area contributed by atoms with Gasteiger partial charge in [-0.2, -0.15) is 5.10 Å². The lowest BCUT2D eigenvalue weighted by Gasteiger charge is -2.11. The van der Waals surface area contributed by atoms with E-state index in [2.05, 4.69) is 15.5 Å². The molecule has 14 heavy (non-hydrogen) atoms. The Balaban J connectivity index is 2.60. The number of hydrogen-bond donors (Lipinski definition) is 4. The Kier molecular flexibility index (Phi) is 3.05. The van der Waals surface area contributed by atoms with Crippen molar-refractivity contribution in [1.29, 1.82) is 0 Å². The zero-order valence-electron chi connectivity index (χ0n) is 7.23. The van der Waals surface area contributed by atoms with Crippen LogP contribution in [-0.4, -0.2) is 33.2 Å². The molecule has 0 fully saturated rings. The van der Waals surface area contributed by atoms with Gasteiger partial charge in [0.15, 0.2) is 0 Å². The van der Waals surface area contributed by atoms with E-state index in [-0.39, 0.29) is 6.42 Å². The van der Waals surface area contributed by atoms with E-state index in [0.717, 1.165) is 0 Å². The molecule has 1 atom stereocenters. The second kappa shape index (κ2) is 4.26. The van der Waals surface area contributed by atoms with Gasteiger partial charge >= 0.3 is 5.97 Å². The molecular weight excluding hydrogens is 188 g/mol. The predicted molar refractivity (Wildman–Crippen MR) is 47.4 cm³/mol. The van der Waals surface area contributed by atoms with Crippen LogP contribution in [0.1, 0.15) is 6.42 Å². The summed E-state index contributed by atoms with van der Waals surface area (Å²) in [5, 5.41) is 17.4. The van der Waals surface area contributed by atoms with E-state index in [4.69, 9.17) is 10.8 Å². The summed E-state index contributed by atoms with van der Waals surface area (Å²) in [4.78, 5) is 21.2. The zero-order chi connectivity index (χ0) is 10.6. The number of carboxylic acids is 1. The lowest BCUT2D eigenvalue weighted by Crippen LogP contribution is -2.33. The highest BCUT2D eigenvalue weighted by Crippen LogP contribution is 2.06. The molecule has 1 aromatic heterocycles. The molecule has 0 unspecified atom stereocenters. The molecule has 7 heteroatoms. The van der Waals surface area contributed by atoms with E-state index < -0.39 is 17.9 Å². The minimum absolute atomic E-state index is 0.263. The van der Waals surface area contributed by atoms with Crippen LogP contribution >= 0.6 is 0 Å². The molecule has 7 nitrogen and oxygen atoms in total. The van der Waals surface area contributed by atoms with E-state index in [0.29, 0.717) is 5.69 Å². The number of nitrogens with one attached hydrogen (secondary N) is 2. The van der Waals surface area contributed by atoms with Gasteiger partial charge in [-0.05, 0) is 0 Å². The number of nitrogens with two attached hydrogens (primary N) is 1. The summed E-state index contributed by atoms with van der Waals surface area (Å²) in [5.41, 5.74) is 5.39. The number of aliphatic carboxylic acids is 1. The standard InChI is InChI=1S/C7H10N4O3/c8-6(12)1-5(7(13)14)11-4-2-9-10-3-4/h2-3,5,11H,1H2,(H2,8,12)(H,9,10)(H,13,14)/t5-/m0/s1. The SMILES string of the molecule is NC(=O)C[C@H](Nc1cn[nH]c1)C(=O)O. The van der Waals surface area contributed by atoms with Gasteiger partial charge in [0.25, 0.3) is 0 Å². The molecule has 0 saturated carbocycles. The largest absolute Gasteiger partial charge is 0.480 e. The van der Waals surface area contributed by atoms with Crippen LogP contribution in [0.3, 0.4) is 0 Å². The van der Waals surface area contributed by atoms with E-state index in [1.165, 1.54) is 12.4 Å². The highest BCUT2D eigenvalue weighted by Gasteiger charge is 2.19. The quantitative estimate of drug-likeness (QED) is 0.491. The number of nitrogens with zero attached hydrogens (tertiary/aromatic N) is 1. The molecule has 0 aliphatic rings. The fourth-order valence-corrected chi connectivity index (χ4v) is 0.932. The summed E-state index contributed by atoms with van der Waals surface area (Å²) >= 11 is 0. The number of H-pyrrole nitrogens is 1. The predicted octanol–water partition coefficient (Wildman–Crippen LogP) is -0.850. The number of aromatic nitrogens is 2. The third kappa shape index (κ3) is 2.77. The molecule has 1 amide bonds. The molecule has 0 spiro atoms. The lowest BCUT2D eigenvalue weighted by atomic mass is 10.2. The van der Waals surface area contributed by atoms with Crippen molar-refractivity contribution in [2.75, 3.05) is 5.32 Å². The van der Waals surface area contributed by atoms with E-state index >= 15 is 0 Å². The van der Waals surface area contributed by atoms with Crippen molar-refractivity contribution in [1.82, 2.24) is 10.2 Å². The molecule has 1 heterocycles. The highest BCUT2D eigenvalue weighted by atomic mass is 16.4. The summed E-state index contributed by atoms with van der Waals surface area (Å²) < 4.78 is 0. The first-order valence-corrected chi connectivity index (χ1v) is 3.86. The first-order valence-electron chi connectivity index (χ1n) is 3.86. The number of amides is 1. The van der Waals surface area contributed by atoms with Crippen molar-refractivity contribution < 1.29 is 14.7 Å². The van der Waals surface area contributed by atoms with Crippen molar-refractivity contribution in [3.05, 3.63) is 12.4 Å². The smallest absolute Gasteiger partial charge is 0.326 e. The van der Waals surface area contributed by atoms with Gasteiger partial charge in [0.05, 0.1) is 18.3 Å². The molecule has 1 rings (SSSR count). The fourth-order valence-electron chi connectivity index (χ4n) is 0.932. The molecule has 1 aromatic rings. The minimum Gasteiger partial charge on any atom is -0.480 e. The van der Waals surface area contributed by atoms with Crippen LogP contribution in [-0.2, 0) is 9.59 Å². The van der Waals surface area contributed by atoms with Crippen LogP contribution in [0.5, 0.6) is 0 Å². The van der Waals surface area contributed by atoms with Gasteiger partial charge in [-0.3, -0.25) is 9.89 Å². The third-order valence-corrected chi connectivity index (χ3v) is 1.54. The first-order chi connectivity index (χ1) is 6.59. The van der Waals surface area contributed by atoms with Gasteiger partial charge in [-0.15, -0.1) is 0 Å². The minimum atomic E-state index is -1.13. The maximum Gasteiger partial charge on any atom is 0.326 e. The van der Waals surface area contributed by atoms with E-state index in [1.54, 1.807) is 0 Å². The Morgan fingerprint density at radius 3 is 2.86 bits per heavy atom. The van der Waals surface area contributed by atoms with Gasteiger partial charge in [0.2, 0.25) is 5.91 Å². The van der Waals surface area contributed by atoms with E-state index in [1.807, 2.05) is 0 Å². The summed E-state index contributed by atoms with van der Waals surface area (Å²) in [5.74, 6) is -1.81. The Morgan fingerprint density at radius 1 is 1.71 bits per heavy atom. The molecule has 0 aliphatic heterocycles. The number of aromatic amines is 1. The van der Waals surface area contributed by atoms with Crippen LogP contribution < -0.4 is 11.1 Å². The Morgan fingerprint density at radius 2 is 2.43 bits per heavy atom. The van der Waals surface area contributed by atoms with Crippen LogP contribution in [0.25, 0.3) is 0 Å². The molecule has 0 radical (unpaired) electrons. The first kappa shape index (κ1) is 10.0. The molecular formula is C7H10N4O3. The van der Waals surface area contributed by atoms with Crippen molar-refractivity contribution in [3.8, 4) is 0 Å². The van der Waals surface area contributed by atoms with E-state index in [9.17, 15) is 9.59 Å². The maximum absolute atomic E-state index is 10.7. The van der Waals surface area contributed by atoms with Crippen molar-refractivity contribution in [2.45, 2.75) is 12.5 Å². The lowest BCUT2D eigenvalue weighted by molar-refractivity contribution is -0.139. The molecule has 0 aliphatic carbocycles. The molecule has 5 N–H and O–H groups in total. The third-order valence-electron chi connectivity index (χ3n) is 1.54. The topological polar surface area (TPSA) is 121 Å². The van der Waals surface area contributed by atoms with Crippen LogP contribution in [0.4, 0.5) is 5.69 Å². The summed E-state index contributed by atoms with van der Waals surface area (Å²) in [6, 6.07) is -1.02. The highest BCUT2D eigenvalue weighted by molar-refractivity contribution is 5.85. The van der Waals surface area contributed by atoms with Crippen LogP contribution in [0.2, 0.25) is 0 Å². The number of carboxylic acid groups (broad SMARTS) is 1. The van der Waals surface area contributed by atoms with Gasteiger partial charge in [0.1, 0.15) is 6.04 Å². The van der Waals surface area contributed by atoms with Crippen molar-refractivity contribution in [3.63, 3.8) is 0 Å². The van der Waals surface area contributed by atoms with Gasteiger partial charge in [-0.25, -0.2) is 4.79 Å². The van der Waals surface area contributed by atoms with Crippen molar-refractivity contribution >= 4 is 17.6 Å². The monoisotopic (exact) mass is 198 g/mol. The average Bonchev–Trinajstić information content (AvgIpc) is 2.54. The second-order valence-corrected chi connectivity index (χ2v) is 2.69. The second-order valence-electron chi connectivity index (χ2n) is 2.69. The van der Waals surface area contributed by atoms with Gasteiger partial charge in [-0.1, -0.05) is 0 Å². The maximum atomic E-state index is 10.7. The van der Waals surface area contributed by atoms with Crippen LogP contribution in [0, 0.1) is 0 Å². The fraction of sp³-hybridized carbons (Fsp3) is 0.286. The molecule has 0 saturated heterocycles. The summed E-state index contributed by atoms with van der Waals surface area (Å²) in [6.45, 7) is 0. The van der Waals surface area contributed by atoms with Crippen molar-refractivity contribution in [2.24, 2.45) is 5.73 Å². The number of primary amides is 1. The van der Waals surface area contributed by atoms with Gasteiger partial charge in [0, 0.05) is 6.20 Å². The normalized spacial score (nSPS) is 12.0. The number of carbonyl (C=O) groups is 2. The zero-order valence-corrected chi connectivity index (χ0v) is 7.23.